The van der Waals surface area contributed by atoms with Gasteiger partial charge in [-0.05, 0) is 49.9 Å². The molecule has 0 atom stereocenters. The summed E-state index contributed by atoms with van der Waals surface area (Å²) in [6.07, 6.45) is 0.683. The molecular formula is C23H23NO3S. The molecule has 2 aromatic carbocycles. The number of amides is 2. The van der Waals surface area contributed by atoms with Gasteiger partial charge >= 0.3 is 0 Å². The Morgan fingerprint density at radius 2 is 1.54 bits per heavy atom. The van der Waals surface area contributed by atoms with Gasteiger partial charge in [0.25, 0.3) is 11.8 Å². The molecule has 144 valence electrons. The number of hydrogen-bond donors (Lipinski definition) is 0. The lowest BCUT2D eigenvalue weighted by Crippen LogP contribution is -2.49. The summed E-state index contributed by atoms with van der Waals surface area (Å²) in [5, 5.41) is 1.14. The standard InChI is InChI=1S/C23H23NO3S/c1-22(2,3)12-23(4,5)24-20(26)14-10-11-15-18(25)13-8-6-7-9-16(13)28-19(15)17(14)21(24)27/h6-11H,12H2,1-5H3. The smallest absolute Gasteiger partial charge is 0.263 e. The molecule has 0 aliphatic carbocycles. The van der Waals surface area contributed by atoms with E-state index in [0.29, 0.717) is 33.0 Å². The third-order valence-electron chi connectivity index (χ3n) is 5.16. The molecule has 2 amide bonds. The zero-order valence-electron chi connectivity index (χ0n) is 16.8. The minimum Gasteiger partial charge on any atom is -0.289 e. The van der Waals surface area contributed by atoms with E-state index in [1.54, 1.807) is 18.2 Å². The van der Waals surface area contributed by atoms with Crippen LogP contribution in [-0.2, 0) is 0 Å². The molecule has 1 aliphatic heterocycles. The second kappa shape index (κ2) is 5.98. The van der Waals surface area contributed by atoms with E-state index < -0.39 is 5.54 Å². The highest BCUT2D eigenvalue weighted by Gasteiger charge is 2.46. The first-order valence-electron chi connectivity index (χ1n) is 9.39. The van der Waals surface area contributed by atoms with Gasteiger partial charge in [-0.15, -0.1) is 11.3 Å². The van der Waals surface area contributed by atoms with E-state index in [4.69, 9.17) is 0 Å². The van der Waals surface area contributed by atoms with Crippen LogP contribution in [0.4, 0.5) is 0 Å². The van der Waals surface area contributed by atoms with Crippen molar-refractivity contribution in [1.82, 2.24) is 4.90 Å². The normalized spacial score (nSPS) is 15.0. The Hall–Kier alpha value is -2.53. The quantitative estimate of drug-likeness (QED) is 0.443. The molecule has 2 heterocycles. The molecule has 0 spiro atoms. The molecule has 0 radical (unpaired) electrons. The molecular weight excluding hydrogens is 370 g/mol. The number of nitrogens with zero attached hydrogens (tertiary/aromatic N) is 1. The SMILES string of the molecule is CC(C)(C)CC(C)(C)N1C(=O)c2ccc3c(=O)c4ccccc4sc3c2C1=O. The van der Waals surface area contributed by atoms with Crippen molar-refractivity contribution in [2.24, 2.45) is 5.41 Å². The van der Waals surface area contributed by atoms with Gasteiger partial charge in [-0.2, -0.15) is 0 Å². The minimum absolute atomic E-state index is 0.0398. The molecule has 0 saturated carbocycles. The first kappa shape index (κ1) is 18.8. The summed E-state index contributed by atoms with van der Waals surface area (Å²) in [6, 6.07) is 10.7. The van der Waals surface area contributed by atoms with Crippen LogP contribution in [0.15, 0.2) is 41.2 Å². The second-order valence-electron chi connectivity index (χ2n) is 9.29. The Morgan fingerprint density at radius 3 is 2.21 bits per heavy atom. The Balaban J connectivity index is 1.96. The molecule has 0 saturated heterocycles. The molecule has 28 heavy (non-hydrogen) atoms. The van der Waals surface area contributed by atoms with Crippen LogP contribution in [0.1, 0.15) is 61.8 Å². The predicted octanol–water partition coefficient (Wildman–Crippen LogP) is 5.23. The molecule has 1 aliphatic rings. The van der Waals surface area contributed by atoms with Gasteiger partial charge in [0, 0.05) is 21.0 Å². The number of carbonyl (C=O) groups is 2. The van der Waals surface area contributed by atoms with Gasteiger partial charge in [-0.3, -0.25) is 19.3 Å². The van der Waals surface area contributed by atoms with E-state index in [1.807, 2.05) is 32.0 Å². The molecule has 0 N–H and O–H groups in total. The van der Waals surface area contributed by atoms with Crippen LogP contribution in [-0.4, -0.2) is 22.3 Å². The van der Waals surface area contributed by atoms with Crippen molar-refractivity contribution in [2.75, 3.05) is 0 Å². The highest BCUT2D eigenvalue weighted by atomic mass is 32.1. The van der Waals surface area contributed by atoms with Gasteiger partial charge in [0.2, 0.25) is 0 Å². The molecule has 0 unspecified atom stereocenters. The summed E-state index contributed by atoms with van der Waals surface area (Å²) in [6.45, 7) is 10.2. The third-order valence-corrected chi connectivity index (χ3v) is 6.37. The highest BCUT2D eigenvalue weighted by Crippen LogP contribution is 2.40. The maximum atomic E-state index is 13.4. The maximum absolute atomic E-state index is 13.4. The van der Waals surface area contributed by atoms with Crippen molar-refractivity contribution in [3.8, 4) is 0 Å². The van der Waals surface area contributed by atoms with Crippen LogP contribution in [0.5, 0.6) is 0 Å². The van der Waals surface area contributed by atoms with Crippen molar-refractivity contribution in [1.29, 1.82) is 0 Å². The molecule has 4 rings (SSSR count). The van der Waals surface area contributed by atoms with Crippen LogP contribution in [0.2, 0.25) is 0 Å². The van der Waals surface area contributed by atoms with Crippen LogP contribution < -0.4 is 5.43 Å². The lowest BCUT2D eigenvalue weighted by Gasteiger charge is -2.38. The summed E-state index contributed by atoms with van der Waals surface area (Å²) >= 11 is 1.40. The zero-order valence-corrected chi connectivity index (χ0v) is 17.6. The number of rotatable bonds is 2. The Bertz CT molecular complexity index is 1210. The van der Waals surface area contributed by atoms with Crippen molar-refractivity contribution in [2.45, 2.75) is 46.6 Å². The van der Waals surface area contributed by atoms with Crippen LogP contribution >= 0.6 is 11.3 Å². The molecule has 3 aromatic rings. The second-order valence-corrected chi connectivity index (χ2v) is 10.3. The van der Waals surface area contributed by atoms with Crippen molar-refractivity contribution >= 4 is 43.3 Å². The molecule has 1 aromatic heterocycles. The van der Waals surface area contributed by atoms with Gasteiger partial charge in [-0.1, -0.05) is 32.9 Å². The topological polar surface area (TPSA) is 54.5 Å². The molecule has 0 fully saturated rings. The number of imide groups is 1. The maximum Gasteiger partial charge on any atom is 0.263 e. The fraction of sp³-hybridized carbons (Fsp3) is 0.348. The minimum atomic E-state index is -0.625. The van der Waals surface area contributed by atoms with Crippen LogP contribution in [0.25, 0.3) is 20.2 Å². The van der Waals surface area contributed by atoms with Crippen molar-refractivity contribution < 1.29 is 9.59 Å². The zero-order chi connectivity index (χ0) is 20.4. The molecule has 0 bridgehead atoms. The predicted molar refractivity (Wildman–Crippen MR) is 114 cm³/mol. The summed E-state index contributed by atoms with van der Waals surface area (Å²) in [4.78, 5) is 40.9. The summed E-state index contributed by atoms with van der Waals surface area (Å²) in [7, 11) is 0. The fourth-order valence-electron chi connectivity index (χ4n) is 4.51. The van der Waals surface area contributed by atoms with E-state index in [9.17, 15) is 14.4 Å². The fourth-order valence-corrected chi connectivity index (χ4v) is 5.71. The monoisotopic (exact) mass is 393 g/mol. The van der Waals surface area contributed by atoms with E-state index in [0.717, 1.165) is 4.70 Å². The lowest BCUT2D eigenvalue weighted by atomic mass is 9.81. The van der Waals surface area contributed by atoms with Gasteiger partial charge in [0.15, 0.2) is 5.43 Å². The first-order chi connectivity index (χ1) is 13.0. The van der Waals surface area contributed by atoms with E-state index in [2.05, 4.69) is 20.8 Å². The number of benzene rings is 2. The summed E-state index contributed by atoms with van der Waals surface area (Å²) < 4.78 is 1.43. The van der Waals surface area contributed by atoms with Gasteiger partial charge in [0.1, 0.15) is 0 Å². The van der Waals surface area contributed by atoms with Gasteiger partial charge in [0.05, 0.1) is 15.8 Å². The summed E-state index contributed by atoms with van der Waals surface area (Å²) in [5.41, 5.74) is 0.00384. The van der Waals surface area contributed by atoms with Crippen LogP contribution in [0, 0.1) is 5.41 Å². The van der Waals surface area contributed by atoms with Crippen molar-refractivity contribution in [3.05, 3.63) is 57.7 Å². The van der Waals surface area contributed by atoms with E-state index >= 15 is 0 Å². The highest BCUT2D eigenvalue weighted by molar-refractivity contribution is 7.25. The first-order valence-corrected chi connectivity index (χ1v) is 10.2. The van der Waals surface area contributed by atoms with Crippen LogP contribution in [0.3, 0.4) is 0 Å². The number of hydrogen-bond acceptors (Lipinski definition) is 4. The summed E-state index contributed by atoms with van der Waals surface area (Å²) in [5.74, 6) is -0.574. The average Bonchev–Trinajstić information content (AvgIpc) is 2.85. The molecule has 5 heteroatoms. The van der Waals surface area contributed by atoms with E-state index in [-0.39, 0.29) is 22.7 Å². The number of carbonyl (C=O) groups excluding carboxylic acids is 2. The number of fused-ring (bicyclic) bond motifs is 4. The molecule has 4 nitrogen and oxygen atoms in total. The van der Waals surface area contributed by atoms with Crippen molar-refractivity contribution in [3.63, 3.8) is 0 Å². The lowest BCUT2D eigenvalue weighted by molar-refractivity contribution is 0.0408. The largest absolute Gasteiger partial charge is 0.289 e. The van der Waals surface area contributed by atoms with Gasteiger partial charge < -0.3 is 0 Å². The Labute approximate surface area is 167 Å². The average molecular weight is 394 g/mol. The van der Waals surface area contributed by atoms with E-state index in [1.165, 1.54) is 16.2 Å². The Morgan fingerprint density at radius 1 is 0.857 bits per heavy atom. The van der Waals surface area contributed by atoms with Gasteiger partial charge in [-0.25, -0.2) is 0 Å². The third kappa shape index (κ3) is 2.76. The Kier molecular flexibility index (Phi) is 4.02.